The van der Waals surface area contributed by atoms with Gasteiger partial charge in [0.05, 0.1) is 6.20 Å². The van der Waals surface area contributed by atoms with Crippen molar-refractivity contribution in [3.8, 4) is 0 Å². The van der Waals surface area contributed by atoms with Gasteiger partial charge >= 0.3 is 0 Å². The molecule has 106 valence electrons. The summed E-state index contributed by atoms with van der Waals surface area (Å²) in [4.78, 5) is 12.0. The van der Waals surface area contributed by atoms with E-state index in [2.05, 4.69) is 17.3 Å². The predicted molar refractivity (Wildman–Crippen MR) is 79.5 cm³/mol. The molecule has 2 aromatic rings. The molecular formula is C15H20N4O. The molecule has 0 saturated heterocycles. The van der Waals surface area contributed by atoms with Gasteiger partial charge in [-0.2, -0.15) is 5.10 Å². The summed E-state index contributed by atoms with van der Waals surface area (Å²) < 4.78 is 1.84. The molecule has 3 N–H and O–H groups in total. The first-order valence-electron chi connectivity index (χ1n) is 6.61. The number of carbonyl (C=O) groups excluding carboxylic acids is 1. The highest BCUT2D eigenvalue weighted by atomic mass is 16.1. The number of nitrogen functional groups attached to an aromatic ring is 1. The lowest BCUT2D eigenvalue weighted by Crippen LogP contribution is -2.27. The minimum atomic E-state index is -0.106. The van der Waals surface area contributed by atoms with Crippen LogP contribution in [0.4, 0.5) is 5.69 Å². The normalized spacial score (nSPS) is 12.2. The smallest absolute Gasteiger partial charge is 0.251 e. The third-order valence-electron chi connectivity index (χ3n) is 3.52. The Morgan fingerprint density at radius 1 is 1.50 bits per heavy atom. The van der Waals surface area contributed by atoms with Crippen LogP contribution in [-0.4, -0.2) is 22.2 Å². The molecule has 1 unspecified atom stereocenters. The zero-order chi connectivity index (χ0) is 14.7. The lowest BCUT2D eigenvalue weighted by Gasteiger charge is -2.12. The van der Waals surface area contributed by atoms with Gasteiger partial charge in [-0.15, -0.1) is 0 Å². The van der Waals surface area contributed by atoms with Gasteiger partial charge in [0.1, 0.15) is 0 Å². The van der Waals surface area contributed by atoms with E-state index >= 15 is 0 Å². The van der Waals surface area contributed by atoms with Crippen LogP contribution in [0.25, 0.3) is 0 Å². The molecule has 1 heterocycles. The summed E-state index contributed by atoms with van der Waals surface area (Å²) in [5.74, 6) is 0.111. The first kappa shape index (κ1) is 14.1. The molecule has 0 aliphatic carbocycles. The number of nitrogens with one attached hydrogen (secondary N) is 1. The molecule has 2 rings (SSSR count). The van der Waals surface area contributed by atoms with E-state index in [0.29, 0.717) is 17.8 Å². The lowest BCUT2D eigenvalue weighted by atomic mass is 10.0. The van der Waals surface area contributed by atoms with Crippen molar-refractivity contribution in [1.82, 2.24) is 15.1 Å². The molecular weight excluding hydrogens is 252 g/mol. The number of aryl methyl sites for hydroxylation is 1. The minimum Gasteiger partial charge on any atom is -0.399 e. The number of nitrogens with zero attached hydrogens (tertiary/aromatic N) is 2. The highest BCUT2D eigenvalue weighted by Gasteiger charge is 2.13. The van der Waals surface area contributed by atoms with Crippen molar-refractivity contribution in [1.29, 1.82) is 0 Å². The number of amides is 1. The molecule has 5 nitrogen and oxygen atoms in total. The fraction of sp³-hybridized carbons (Fsp3) is 0.333. The van der Waals surface area contributed by atoms with Crippen LogP contribution in [0.5, 0.6) is 0 Å². The molecule has 20 heavy (non-hydrogen) atoms. The van der Waals surface area contributed by atoms with Crippen LogP contribution in [0.15, 0.2) is 30.5 Å². The topological polar surface area (TPSA) is 72.9 Å². The summed E-state index contributed by atoms with van der Waals surface area (Å²) in [6.07, 6.45) is 1.85. The van der Waals surface area contributed by atoms with Crippen LogP contribution in [0.2, 0.25) is 0 Å². The quantitative estimate of drug-likeness (QED) is 0.834. The minimum absolute atomic E-state index is 0.106. The van der Waals surface area contributed by atoms with Gasteiger partial charge in [-0.1, -0.05) is 13.0 Å². The van der Waals surface area contributed by atoms with E-state index in [4.69, 9.17) is 5.73 Å². The van der Waals surface area contributed by atoms with Crippen LogP contribution in [-0.2, 0) is 7.05 Å². The maximum atomic E-state index is 12.0. The Kier molecular flexibility index (Phi) is 4.08. The molecule has 0 aliphatic rings. The van der Waals surface area contributed by atoms with Crippen molar-refractivity contribution in [2.75, 3.05) is 12.3 Å². The molecule has 1 atom stereocenters. The molecule has 0 saturated carbocycles. The van der Waals surface area contributed by atoms with Crippen molar-refractivity contribution < 1.29 is 4.79 Å². The van der Waals surface area contributed by atoms with Gasteiger partial charge in [-0.05, 0) is 30.7 Å². The van der Waals surface area contributed by atoms with Crippen molar-refractivity contribution in [3.05, 3.63) is 47.3 Å². The molecule has 0 fully saturated rings. The van der Waals surface area contributed by atoms with Crippen LogP contribution in [0.1, 0.15) is 34.5 Å². The summed E-state index contributed by atoms with van der Waals surface area (Å²) in [5.41, 5.74) is 9.12. The standard InChI is InChI=1S/C15H20N4O/c1-10(14-9-18-19(3)11(14)2)8-17-15(20)12-5-4-6-13(16)7-12/h4-7,9-10H,8,16H2,1-3H3,(H,17,20). The number of hydrogen-bond donors (Lipinski definition) is 2. The molecule has 0 spiro atoms. The van der Waals surface area contributed by atoms with Gasteiger partial charge in [0.2, 0.25) is 0 Å². The fourth-order valence-electron chi connectivity index (χ4n) is 2.14. The van der Waals surface area contributed by atoms with Crippen molar-refractivity contribution >= 4 is 11.6 Å². The number of carbonyl (C=O) groups is 1. The Morgan fingerprint density at radius 3 is 2.85 bits per heavy atom. The summed E-state index contributed by atoms with van der Waals surface area (Å²) in [6.45, 7) is 4.67. The van der Waals surface area contributed by atoms with E-state index in [0.717, 1.165) is 11.3 Å². The average Bonchev–Trinajstić information content (AvgIpc) is 2.76. The Hall–Kier alpha value is -2.30. The van der Waals surface area contributed by atoms with E-state index in [1.165, 1.54) is 0 Å². The first-order chi connectivity index (χ1) is 9.49. The zero-order valence-electron chi connectivity index (χ0n) is 12.1. The van der Waals surface area contributed by atoms with E-state index in [-0.39, 0.29) is 11.8 Å². The van der Waals surface area contributed by atoms with Gasteiger partial charge in [0.25, 0.3) is 5.91 Å². The summed E-state index contributed by atoms with van der Waals surface area (Å²) in [6, 6.07) is 6.97. The Labute approximate surface area is 118 Å². The van der Waals surface area contributed by atoms with Gasteiger partial charge in [0.15, 0.2) is 0 Å². The monoisotopic (exact) mass is 272 g/mol. The molecule has 0 radical (unpaired) electrons. The number of rotatable bonds is 4. The van der Waals surface area contributed by atoms with Gasteiger partial charge in [-0.3, -0.25) is 9.48 Å². The zero-order valence-corrected chi connectivity index (χ0v) is 12.1. The van der Waals surface area contributed by atoms with Gasteiger partial charge in [0, 0.05) is 36.5 Å². The highest BCUT2D eigenvalue weighted by Crippen LogP contribution is 2.17. The summed E-state index contributed by atoms with van der Waals surface area (Å²) in [5, 5.41) is 7.15. The number of anilines is 1. The van der Waals surface area contributed by atoms with Crippen LogP contribution >= 0.6 is 0 Å². The highest BCUT2D eigenvalue weighted by molar-refractivity contribution is 5.95. The van der Waals surface area contributed by atoms with Crippen molar-refractivity contribution in [2.24, 2.45) is 7.05 Å². The molecule has 1 aromatic carbocycles. The molecule has 1 aromatic heterocycles. The Balaban J connectivity index is 1.98. The first-order valence-corrected chi connectivity index (χ1v) is 6.61. The Morgan fingerprint density at radius 2 is 2.25 bits per heavy atom. The average molecular weight is 272 g/mol. The second-order valence-corrected chi connectivity index (χ2v) is 5.05. The van der Waals surface area contributed by atoms with Gasteiger partial charge < -0.3 is 11.1 Å². The second kappa shape index (κ2) is 5.77. The fourth-order valence-corrected chi connectivity index (χ4v) is 2.14. The number of aromatic nitrogens is 2. The molecule has 1 amide bonds. The van der Waals surface area contributed by atoms with Crippen LogP contribution in [0, 0.1) is 6.92 Å². The lowest BCUT2D eigenvalue weighted by molar-refractivity contribution is 0.0951. The van der Waals surface area contributed by atoms with E-state index in [9.17, 15) is 4.79 Å². The predicted octanol–water partition coefficient (Wildman–Crippen LogP) is 1.84. The maximum Gasteiger partial charge on any atom is 0.251 e. The van der Waals surface area contributed by atoms with E-state index in [1.807, 2.05) is 24.9 Å². The van der Waals surface area contributed by atoms with Crippen molar-refractivity contribution in [3.63, 3.8) is 0 Å². The van der Waals surface area contributed by atoms with E-state index < -0.39 is 0 Å². The number of hydrogen-bond acceptors (Lipinski definition) is 3. The molecule has 0 aliphatic heterocycles. The third-order valence-corrected chi connectivity index (χ3v) is 3.52. The number of benzene rings is 1. The summed E-state index contributed by atoms with van der Waals surface area (Å²) in [7, 11) is 1.91. The van der Waals surface area contributed by atoms with Crippen LogP contribution in [0.3, 0.4) is 0 Å². The van der Waals surface area contributed by atoms with Crippen LogP contribution < -0.4 is 11.1 Å². The SMILES string of the molecule is Cc1c(C(C)CNC(=O)c2cccc(N)c2)cnn1C. The Bertz CT molecular complexity index is 618. The maximum absolute atomic E-state index is 12.0. The summed E-state index contributed by atoms with van der Waals surface area (Å²) >= 11 is 0. The van der Waals surface area contributed by atoms with E-state index in [1.54, 1.807) is 24.3 Å². The van der Waals surface area contributed by atoms with Gasteiger partial charge in [-0.25, -0.2) is 0 Å². The third kappa shape index (κ3) is 2.99. The second-order valence-electron chi connectivity index (χ2n) is 5.05. The molecule has 5 heteroatoms. The largest absolute Gasteiger partial charge is 0.399 e. The molecule has 0 bridgehead atoms. The number of nitrogens with two attached hydrogens (primary N) is 1. The van der Waals surface area contributed by atoms with Crippen molar-refractivity contribution in [2.45, 2.75) is 19.8 Å².